The van der Waals surface area contributed by atoms with Gasteiger partial charge in [0.2, 0.25) is 17.8 Å². The van der Waals surface area contributed by atoms with E-state index in [0.29, 0.717) is 41.7 Å². The number of likely N-dealkylation sites (N-methyl/N-ethyl adjacent to an activating group) is 1. The van der Waals surface area contributed by atoms with Crippen molar-refractivity contribution in [2.24, 2.45) is 0 Å². The third-order valence-electron chi connectivity index (χ3n) is 5.67. The molecule has 0 fully saturated rings. The Morgan fingerprint density at radius 3 is 2.45 bits per heavy atom. The Kier molecular flexibility index (Phi) is 10.4. The molecule has 0 aliphatic carbocycles. The SMILES string of the molecule is COc1ccc(NC(=O)/C=C/C(=O)NCCN(C)C)cc1Nc1ncc(C)c(Nc2ccccc2P(C)(C)=O)n1. The zero-order chi connectivity index (χ0) is 29.3. The average Bonchev–Trinajstić information content (AvgIpc) is 2.89. The fourth-order valence-electron chi connectivity index (χ4n) is 3.61. The molecule has 0 radical (unpaired) electrons. The molecule has 212 valence electrons. The van der Waals surface area contributed by atoms with Gasteiger partial charge in [-0.1, -0.05) is 12.1 Å². The van der Waals surface area contributed by atoms with Crippen molar-refractivity contribution in [1.29, 1.82) is 0 Å². The predicted octanol–water partition coefficient (Wildman–Crippen LogP) is 3.70. The Morgan fingerprint density at radius 2 is 1.75 bits per heavy atom. The van der Waals surface area contributed by atoms with Crippen molar-refractivity contribution < 1.29 is 18.9 Å². The molecule has 0 aliphatic heterocycles. The van der Waals surface area contributed by atoms with Crippen molar-refractivity contribution >= 4 is 53.1 Å². The van der Waals surface area contributed by atoms with E-state index >= 15 is 0 Å². The first-order chi connectivity index (χ1) is 19.0. The monoisotopic (exact) mass is 565 g/mol. The summed E-state index contributed by atoms with van der Waals surface area (Å²) in [4.78, 5) is 35.2. The van der Waals surface area contributed by atoms with Gasteiger partial charge < -0.3 is 35.5 Å². The van der Waals surface area contributed by atoms with Crippen LogP contribution in [0.25, 0.3) is 0 Å². The van der Waals surface area contributed by atoms with Crippen molar-refractivity contribution in [3.63, 3.8) is 0 Å². The number of amides is 2. The van der Waals surface area contributed by atoms with Gasteiger partial charge in [-0.25, -0.2) is 4.98 Å². The number of nitrogens with zero attached hydrogens (tertiary/aromatic N) is 3. The maximum Gasteiger partial charge on any atom is 0.248 e. The highest BCUT2D eigenvalue weighted by molar-refractivity contribution is 7.70. The predicted molar refractivity (Wildman–Crippen MR) is 161 cm³/mol. The molecule has 3 aromatic rings. The number of para-hydroxylation sites is 1. The molecule has 4 N–H and O–H groups in total. The Morgan fingerprint density at radius 1 is 1.02 bits per heavy atom. The third kappa shape index (κ3) is 8.93. The van der Waals surface area contributed by atoms with Gasteiger partial charge in [0.1, 0.15) is 18.7 Å². The van der Waals surface area contributed by atoms with Crippen LogP contribution in [0.1, 0.15) is 5.56 Å². The summed E-state index contributed by atoms with van der Waals surface area (Å²) < 4.78 is 18.2. The van der Waals surface area contributed by atoms with Gasteiger partial charge in [-0.2, -0.15) is 4.98 Å². The van der Waals surface area contributed by atoms with Crippen LogP contribution in [0.2, 0.25) is 0 Å². The molecular formula is C28H36N7O4P. The van der Waals surface area contributed by atoms with Crippen molar-refractivity contribution in [3.05, 3.63) is 66.4 Å². The summed E-state index contributed by atoms with van der Waals surface area (Å²) in [6.07, 6.45) is 4.04. The number of rotatable bonds is 12. The van der Waals surface area contributed by atoms with Gasteiger partial charge in [0.15, 0.2) is 0 Å². The molecule has 0 bridgehead atoms. The number of benzene rings is 2. The summed E-state index contributed by atoms with van der Waals surface area (Å²) >= 11 is 0. The summed E-state index contributed by atoms with van der Waals surface area (Å²) in [6, 6.07) is 12.5. The van der Waals surface area contributed by atoms with Crippen LogP contribution in [-0.4, -0.2) is 74.3 Å². The molecule has 12 heteroatoms. The van der Waals surface area contributed by atoms with Crippen LogP contribution in [0.4, 0.5) is 28.8 Å². The number of hydrogen-bond acceptors (Lipinski definition) is 9. The lowest BCUT2D eigenvalue weighted by Gasteiger charge is -2.17. The second-order valence-corrected chi connectivity index (χ2v) is 12.9. The summed E-state index contributed by atoms with van der Waals surface area (Å²) in [5.41, 5.74) is 2.51. The lowest BCUT2D eigenvalue weighted by Crippen LogP contribution is -2.30. The number of carbonyl (C=O) groups excluding carboxylic acids is 2. The number of nitrogens with one attached hydrogen (secondary N) is 4. The van der Waals surface area contributed by atoms with Crippen LogP contribution >= 0.6 is 7.14 Å². The summed E-state index contributed by atoms with van der Waals surface area (Å²) in [6.45, 7) is 6.50. The summed E-state index contributed by atoms with van der Waals surface area (Å²) in [5.74, 6) is 0.544. The molecule has 0 aliphatic rings. The Hall–Kier alpha value is -4.21. The molecule has 2 aromatic carbocycles. The highest BCUT2D eigenvalue weighted by atomic mass is 31.2. The normalized spacial score (nSPS) is 11.4. The van der Waals surface area contributed by atoms with Crippen LogP contribution < -0.4 is 31.3 Å². The first-order valence-electron chi connectivity index (χ1n) is 12.6. The van der Waals surface area contributed by atoms with E-state index in [1.54, 1.807) is 37.7 Å². The molecule has 3 rings (SSSR count). The second kappa shape index (κ2) is 13.7. The summed E-state index contributed by atoms with van der Waals surface area (Å²) in [7, 11) is 2.83. The van der Waals surface area contributed by atoms with Crippen molar-refractivity contribution in [2.45, 2.75) is 6.92 Å². The fraction of sp³-hybridized carbons (Fsp3) is 0.286. The number of aryl methyl sites for hydroxylation is 1. The molecule has 11 nitrogen and oxygen atoms in total. The molecule has 0 saturated heterocycles. The van der Waals surface area contributed by atoms with Crippen LogP contribution in [0.5, 0.6) is 5.75 Å². The van der Waals surface area contributed by atoms with Crippen molar-refractivity contribution in [2.75, 3.05) is 63.6 Å². The molecular weight excluding hydrogens is 529 g/mol. The molecule has 0 unspecified atom stereocenters. The van der Waals surface area contributed by atoms with E-state index in [1.165, 1.54) is 19.3 Å². The van der Waals surface area contributed by atoms with Gasteiger partial charge in [-0.05, 0) is 64.7 Å². The highest BCUT2D eigenvalue weighted by Crippen LogP contribution is 2.38. The smallest absolute Gasteiger partial charge is 0.248 e. The fourth-order valence-corrected chi connectivity index (χ4v) is 4.76. The van der Waals surface area contributed by atoms with E-state index < -0.39 is 13.0 Å². The zero-order valence-electron chi connectivity index (χ0n) is 23.6. The van der Waals surface area contributed by atoms with Crippen molar-refractivity contribution in [1.82, 2.24) is 20.2 Å². The molecule has 0 spiro atoms. The van der Waals surface area contributed by atoms with Crippen LogP contribution in [-0.2, 0) is 14.2 Å². The molecule has 1 heterocycles. The molecule has 40 heavy (non-hydrogen) atoms. The van der Waals surface area contributed by atoms with Gasteiger partial charge in [0, 0.05) is 48.0 Å². The summed E-state index contributed by atoms with van der Waals surface area (Å²) in [5, 5.41) is 12.6. The minimum absolute atomic E-state index is 0.290. The molecule has 0 saturated carbocycles. The van der Waals surface area contributed by atoms with Gasteiger partial charge in [0.05, 0.1) is 18.5 Å². The minimum atomic E-state index is -2.52. The zero-order valence-corrected chi connectivity index (χ0v) is 24.5. The lowest BCUT2D eigenvalue weighted by molar-refractivity contribution is -0.117. The standard InChI is InChI=1S/C28H36N7O4P/c1-19-18-30-28(34-27(19)32-21-9-7-8-10-24(21)40(5,6)38)33-22-17-20(11-12-23(22)39-4)31-26(37)14-13-25(36)29-15-16-35(2)3/h7-14,17-18H,15-16H2,1-6H3,(H,29,36)(H,31,37)(H2,30,32,33,34)/b14-13+. The first kappa shape index (κ1) is 30.3. The van der Waals surface area contributed by atoms with Gasteiger partial charge >= 0.3 is 0 Å². The van der Waals surface area contributed by atoms with Gasteiger partial charge in [-0.15, -0.1) is 0 Å². The van der Waals surface area contributed by atoms with E-state index in [0.717, 1.165) is 10.9 Å². The number of hydrogen-bond donors (Lipinski definition) is 4. The van der Waals surface area contributed by atoms with E-state index in [-0.39, 0.29) is 11.9 Å². The van der Waals surface area contributed by atoms with Gasteiger partial charge in [0.25, 0.3) is 0 Å². The average molecular weight is 566 g/mol. The quantitative estimate of drug-likeness (QED) is 0.191. The second-order valence-electron chi connectivity index (χ2n) is 9.68. The Labute approximate surface area is 234 Å². The van der Waals surface area contributed by atoms with E-state index in [4.69, 9.17) is 4.74 Å². The third-order valence-corrected chi connectivity index (χ3v) is 7.22. The number of methoxy groups -OCH3 is 1. The molecule has 2 amide bonds. The Bertz CT molecular complexity index is 1440. The highest BCUT2D eigenvalue weighted by Gasteiger charge is 2.17. The van der Waals surface area contributed by atoms with Crippen LogP contribution in [0, 0.1) is 6.92 Å². The topological polar surface area (TPSA) is 138 Å². The maximum atomic E-state index is 12.8. The van der Waals surface area contributed by atoms with Crippen LogP contribution in [0.3, 0.4) is 0 Å². The lowest BCUT2D eigenvalue weighted by atomic mass is 10.2. The largest absolute Gasteiger partial charge is 0.495 e. The first-order valence-corrected chi connectivity index (χ1v) is 15.2. The number of aromatic nitrogens is 2. The molecule has 1 aromatic heterocycles. The van der Waals surface area contributed by atoms with E-state index in [2.05, 4.69) is 31.2 Å². The number of carbonyl (C=O) groups is 2. The number of ether oxygens (including phenoxy) is 1. The van der Waals surface area contributed by atoms with Crippen molar-refractivity contribution in [3.8, 4) is 5.75 Å². The van der Waals surface area contributed by atoms with E-state index in [1.807, 2.05) is 50.2 Å². The minimum Gasteiger partial charge on any atom is -0.495 e. The van der Waals surface area contributed by atoms with E-state index in [9.17, 15) is 14.2 Å². The molecule has 0 atom stereocenters. The number of anilines is 5. The van der Waals surface area contributed by atoms with Crippen LogP contribution in [0.15, 0.2) is 60.8 Å². The van der Waals surface area contributed by atoms with Gasteiger partial charge in [-0.3, -0.25) is 9.59 Å². The Balaban J connectivity index is 1.75. The maximum absolute atomic E-state index is 12.8.